The molecule has 0 saturated heterocycles. The van der Waals surface area contributed by atoms with Crippen LogP contribution in [0.2, 0.25) is 0 Å². The molecule has 0 amide bonds. The average molecular weight is 115 g/mol. The standard InChI is InChI=1S/C8H16.H2/c1-7(2)5-6-8(3)4;/h5-8H,1-4H3;1H/b6-5-;/i;1+1. The molecule has 0 aliphatic carbocycles. The first-order valence-electron chi connectivity index (χ1n) is 3.31. The molecule has 0 aromatic rings. The van der Waals surface area contributed by atoms with Crippen LogP contribution in [0.1, 0.15) is 29.1 Å². The molecule has 0 aliphatic heterocycles. The quantitative estimate of drug-likeness (QED) is 0.485. The summed E-state index contributed by atoms with van der Waals surface area (Å²) in [5.41, 5.74) is 0. The number of hydrogen-bond acceptors (Lipinski definition) is 0. The Bertz CT molecular complexity index is 62.6. The molecule has 0 aromatic carbocycles. The molecule has 0 saturated carbocycles. The smallest absolute Gasteiger partial charge is 0 e. The lowest BCUT2D eigenvalue weighted by Crippen LogP contribution is -1.81. The van der Waals surface area contributed by atoms with Gasteiger partial charge >= 0.3 is 0 Å². The summed E-state index contributed by atoms with van der Waals surface area (Å²) >= 11 is 0. The molecule has 0 aliphatic rings. The van der Waals surface area contributed by atoms with Gasteiger partial charge in [0.2, 0.25) is 0 Å². The lowest BCUT2D eigenvalue weighted by molar-refractivity contribution is 0.780. The van der Waals surface area contributed by atoms with Crippen molar-refractivity contribution in [3.05, 3.63) is 12.2 Å². The maximum absolute atomic E-state index is 2.24. The summed E-state index contributed by atoms with van der Waals surface area (Å²) < 4.78 is 0. The van der Waals surface area contributed by atoms with Gasteiger partial charge in [0, 0.05) is 1.43 Å². The van der Waals surface area contributed by atoms with Gasteiger partial charge in [-0.1, -0.05) is 39.8 Å². The molecular formula is C8H18. The van der Waals surface area contributed by atoms with Crippen LogP contribution >= 0.6 is 0 Å². The Morgan fingerprint density at radius 2 is 1.12 bits per heavy atom. The number of rotatable bonds is 2. The lowest BCUT2D eigenvalue weighted by atomic mass is 10.1. The first-order chi connectivity index (χ1) is 3.63. The number of hydrogen-bond donors (Lipinski definition) is 0. The molecule has 0 unspecified atom stereocenters. The average Bonchev–Trinajstić information content (AvgIpc) is 1.61. The summed E-state index contributed by atoms with van der Waals surface area (Å²) in [6.45, 7) is 8.77. The molecule has 0 N–H and O–H groups in total. The maximum atomic E-state index is 2.24. The van der Waals surface area contributed by atoms with E-state index in [2.05, 4.69) is 39.8 Å². The Balaban J connectivity index is 0. The summed E-state index contributed by atoms with van der Waals surface area (Å²) in [5, 5.41) is 0. The first-order valence-corrected chi connectivity index (χ1v) is 3.31. The summed E-state index contributed by atoms with van der Waals surface area (Å²) in [7, 11) is 0. The Morgan fingerprint density at radius 3 is 1.25 bits per heavy atom. The minimum Gasteiger partial charge on any atom is -0.0857 e. The van der Waals surface area contributed by atoms with Gasteiger partial charge in [-0.15, -0.1) is 0 Å². The van der Waals surface area contributed by atoms with Crippen LogP contribution in [0.4, 0.5) is 0 Å². The summed E-state index contributed by atoms with van der Waals surface area (Å²) in [5.74, 6) is 1.41. The Hall–Kier alpha value is -0.260. The van der Waals surface area contributed by atoms with Crippen molar-refractivity contribution in [1.82, 2.24) is 0 Å². The predicted molar refractivity (Wildman–Crippen MR) is 40.9 cm³/mol. The zero-order valence-corrected chi connectivity index (χ0v) is 6.31. The van der Waals surface area contributed by atoms with E-state index in [9.17, 15) is 0 Å². The molecule has 0 heteroatoms. The molecular weight excluding hydrogens is 96.1 g/mol. The molecule has 0 bridgehead atoms. The highest BCUT2D eigenvalue weighted by molar-refractivity contribution is 4.86. The van der Waals surface area contributed by atoms with Crippen molar-refractivity contribution in [3.8, 4) is 0 Å². The summed E-state index contributed by atoms with van der Waals surface area (Å²) in [4.78, 5) is 0. The zero-order chi connectivity index (χ0) is 6.57. The Kier molecular flexibility index (Phi) is 3.59. The molecule has 0 heterocycles. The topological polar surface area (TPSA) is 0 Å². The third kappa shape index (κ3) is 5.74. The van der Waals surface area contributed by atoms with Crippen LogP contribution in [0.25, 0.3) is 0 Å². The van der Waals surface area contributed by atoms with Crippen molar-refractivity contribution in [1.29, 1.82) is 0 Å². The van der Waals surface area contributed by atoms with Crippen LogP contribution in [0, 0.1) is 11.8 Å². The fourth-order valence-corrected chi connectivity index (χ4v) is 0.444. The predicted octanol–water partition coefficient (Wildman–Crippen LogP) is 3.10. The third-order valence-electron chi connectivity index (χ3n) is 0.881. The van der Waals surface area contributed by atoms with Crippen LogP contribution in [0.3, 0.4) is 0 Å². The van der Waals surface area contributed by atoms with Crippen molar-refractivity contribution in [2.75, 3.05) is 0 Å². The van der Waals surface area contributed by atoms with Crippen LogP contribution in [0.15, 0.2) is 12.2 Å². The molecule has 0 spiro atoms. The van der Waals surface area contributed by atoms with Crippen molar-refractivity contribution in [2.45, 2.75) is 27.7 Å². The second-order valence-corrected chi connectivity index (χ2v) is 2.87. The minimum atomic E-state index is 0. The Labute approximate surface area is 54.1 Å². The third-order valence-corrected chi connectivity index (χ3v) is 0.881. The molecule has 0 atom stereocenters. The highest BCUT2D eigenvalue weighted by atomic mass is 13.9. The van der Waals surface area contributed by atoms with Gasteiger partial charge in [0.25, 0.3) is 0 Å². The molecule has 8 heavy (non-hydrogen) atoms. The van der Waals surface area contributed by atoms with Gasteiger partial charge in [-0.3, -0.25) is 0 Å². The van der Waals surface area contributed by atoms with Gasteiger partial charge in [0.15, 0.2) is 0 Å². The van der Waals surface area contributed by atoms with Gasteiger partial charge in [-0.2, -0.15) is 0 Å². The van der Waals surface area contributed by atoms with E-state index >= 15 is 0 Å². The molecule has 0 fully saturated rings. The van der Waals surface area contributed by atoms with Gasteiger partial charge in [-0.05, 0) is 11.8 Å². The van der Waals surface area contributed by atoms with Crippen molar-refractivity contribution < 1.29 is 1.43 Å². The van der Waals surface area contributed by atoms with E-state index in [1.54, 1.807) is 0 Å². The fourth-order valence-electron chi connectivity index (χ4n) is 0.444. The lowest BCUT2D eigenvalue weighted by Gasteiger charge is -1.95. The SMILES string of the molecule is CC(C)/C=C\C(C)C.[2HH]. The zero-order valence-electron chi connectivity index (χ0n) is 6.31. The van der Waals surface area contributed by atoms with E-state index in [4.69, 9.17) is 0 Å². The molecule has 0 rings (SSSR count). The first kappa shape index (κ1) is 7.74. The molecule has 50 valence electrons. The molecule has 0 aromatic heterocycles. The molecule has 0 nitrogen and oxygen atoms in total. The van der Waals surface area contributed by atoms with Crippen LogP contribution in [0.5, 0.6) is 0 Å². The largest absolute Gasteiger partial charge is 0.0857 e. The van der Waals surface area contributed by atoms with E-state index in [1.807, 2.05) is 0 Å². The Morgan fingerprint density at radius 1 is 0.875 bits per heavy atom. The van der Waals surface area contributed by atoms with Gasteiger partial charge in [0.1, 0.15) is 0 Å². The van der Waals surface area contributed by atoms with E-state index in [0.29, 0.717) is 11.8 Å². The van der Waals surface area contributed by atoms with Crippen LogP contribution in [-0.4, -0.2) is 0 Å². The van der Waals surface area contributed by atoms with Crippen LogP contribution in [-0.2, 0) is 0 Å². The van der Waals surface area contributed by atoms with E-state index in [1.165, 1.54) is 0 Å². The van der Waals surface area contributed by atoms with Crippen LogP contribution < -0.4 is 0 Å². The second-order valence-electron chi connectivity index (χ2n) is 2.87. The fraction of sp³-hybridized carbons (Fsp3) is 0.750. The highest BCUT2D eigenvalue weighted by Gasteiger charge is 1.85. The van der Waals surface area contributed by atoms with E-state index in [0.717, 1.165) is 0 Å². The van der Waals surface area contributed by atoms with Crippen molar-refractivity contribution in [2.24, 2.45) is 11.8 Å². The van der Waals surface area contributed by atoms with E-state index in [-0.39, 0.29) is 1.43 Å². The van der Waals surface area contributed by atoms with Gasteiger partial charge < -0.3 is 0 Å². The van der Waals surface area contributed by atoms with Crippen molar-refractivity contribution in [3.63, 3.8) is 0 Å². The normalized spacial score (nSPS) is 12.2. The highest BCUT2D eigenvalue weighted by Crippen LogP contribution is 1.99. The maximum Gasteiger partial charge on any atom is 0 e. The number of allylic oxidation sites excluding steroid dienone is 2. The summed E-state index contributed by atoms with van der Waals surface area (Å²) in [6, 6.07) is 0. The second kappa shape index (κ2) is 3.71. The monoisotopic (exact) mass is 115 g/mol. The molecule has 0 radical (unpaired) electrons. The van der Waals surface area contributed by atoms with E-state index < -0.39 is 0 Å². The summed E-state index contributed by atoms with van der Waals surface area (Å²) in [6.07, 6.45) is 4.48. The minimum absolute atomic E-state index is 0. The van der Waals surface area contributed by atoms with Gasteiger partial charge in [0.05, 0.1) is 0 Å². The van der Waals surface area contributed by atoms with Crippen molar-refractivity contribution >= 4 is 0 Å². The van der Waals surface area contributed by atoms with Gasteiger partial charge in [-0.25, -0.2) is 0 Å².